The first-order chi connectivity index (χ1) is 15.2. The number of rotatable bonds is 6. The van der Waals surface area contributed by atoms with Crippen LogP contribution in [0.4, 0.5) is 0 Å². The number of nitrogens with one attached hydrogen (secondary N) is 1. The van der Waals surface area contributed by atoms with Gasteiger partial charge in [0.1, 0.15) is 16.1 Å². The van der Waals surface area contributed by atoms with Gasteiger partial charge in [0.25, 0.3) is 5.91 Å². The Morgan fingerprint density at radius 2 is 2.09 bits per heavy atom. The molecule has 3 aromatic rings. The standard InChI is InChI=1S/C21H19ClN8OS/c1-11(26-19(31)13-6-15(21(2,3)10-24)27-16(22)7-13)18-28-17(12-4-5-12)29-30(18)20-25-9-14(8-23)32-20/h6-7,9,11-12H,4-5H2,1-3H3,(H,26,31)/t11-/m0/s1. The molecular formula is C21H19ClN8OS. The van der Waals surface area contributed by atoms with Crippen molar-refractivity contribution in [3.05, 3.63) is 51.3 Å². The van der Waals surface area contributed by atoms with Crippen LogP contribution < -0.4 is 5.32 Å². The smallest absolute Gasteiger partial charge is 0.252 e. The van der Waals surface area contributed by atoms with E-state index in [1.54, 1.807) is 31.5 Å². The molecule has 1 aliphatic carbocycles. The number of thiazole rings is 1. The summed E-state index contributed by atoms with van der Waals surface area (Å²) in [5, 5.41) is 26.7. The van der Waals surface area contributed by atoms with Crippen LogP contribution >= 0.6 is 22.9 Å². The van der Waals surface area contributed by atoms with E-state index in [4.69, 9.17) is 16.9 Å². The van der Waals surface area contributed by atoms with Gasteiger partial charge in [0.15, 0.2) is 11.6 Å². The first kappa shape index (κ1) is 21.9. The number of nitrogens with zero attached hydrogens (tertiary/aromatic N) is 7. The lowest BCUT2D eigenvalue weighted by atomic mass is 9.90. The fraction of sp³-hybridized carbons (Fsp3) is 0.381. The Bertz CT molecular complexity index is 1280. The van der Waals surface area contributed by atoms with Crippen molar-refractivity contribution in [2.24, 2.45) is 0 Å². The summed E-state index contributed by atoms with van der Waals surface area (Å²) in [6.45, 7) is 5.22. The molecule has 4 rings (SSSR count). The molecule has 0 aliphatic heterocycles. The topological polar surface area (TPSA) is 133 Å². The third-order valence-corrected chi connectivity index (χ3v) is 6.16. The summed E-state index contributed by atoms with van der Waals surface area (Å²) in [4.78, 5) is 26.6. The lowest BCUT2D eigenvalue weighted by molar-refractivity contribution is 0.0937. The van der Waals surface area contributed by atoms with Crippen LogP contribution in [0.15, 0.2) is 18.3 Å². The van der Waals surface area contributed by atoms with Crippen LogP contribution in [-0.2, 0) is 5.41 Å². The maximum absolute atomic E-state index is 13.0. The highest BCUT2D eigenvalue weighted by Crippen LogP contribution is 2.39. The second kappa shape index (κ2) is 8.30. The monoisotopic (exact) mass is 466 g/mol. The predicted octanol–water partition coefficient (Wildman–Crippen LogP) is 3.81. The second-order valence-corrected chi connectivity index (χ2v) is 9.53. The van der Waals surface area contributed by atoms with Gasteiger partial charge >= 0.3 is 0 Å². The van der Waals surface area contributed by atoms with Crippen molar-refractivity contribution in [1.29, 1.82) is 10.5 Å². The van der Waals surface area contributed by atoms with Crippen LogP contribution in [-0.4, -0.2) is 30.6 Å². The highest BCUT2D eigenvalue weighted by Gasteiger charge is 2.31. The zero-order valence-electron chi connectivity index (χ0n) is 17.6. The molecule has 1 fully saturated rings. The van der Waals surface area contributed by atoms with Gasteiger partial charge in [-0.05, 0) is 45.7 Å². The molecule has 1 aliphatic rings. The Kier molecular flexibility index (Phi) is 5.68. The summed E-state index contributed by atoms with van der Waals surface area (Å²) in [5.41, 5.74) is -0.185. The minimum Gasteiger partial charge on any atom is -0.342 e. The molecule has 32 heavy (non-hydrogen) atoms. The normalized spacial score (nSPS) is 14.4. The third kappa shape index (κ3) is 4.33. The Morgan fingerprint density at radius 1 is 1.34 bits per heavy atom. The van der Waals surface area contributed by atoms with Crippen molar-refractivity contribution in [3.8, 4) is 17.3 Å². The molecule has 3 heterocycles. The van der Waals surface area contributed by atoms with Gasteiger partial charge in [0.2, 0.25) is 5.13 Å². The van der Waals surface area contributed by atoms with E-state index in [1.165, 1.54) is 23.6 Å². The fourth-order valence-electron chi connectivity index (χ4n) is 3.04. The number of hydrogen-bond acceptors (Lipinski definition) is 8. The van der Waals surface area contributed by atoms with Crippen molar-refractivity contribution >= 4 is 28.8 Å². The Labute approximate surface area is 193 Å². The van der Waals surface area contributed by atoms with E-state index in [-0.39, 0.29) is 11.1 Å². The van der Waals surface area contributed by atoms with Gasteiger partial charge in [-0.15, -0.1) is 5.10 Å². The van der Waals surface area contributed by atoms with Crippen molar-refractivity contribution in [2.75, 3.05) is 0 Å². The summed E-state index contributed by atoms with van der Waals surface area (Å²) in [7, 11) is 0. The number of amides is 1. The zero-order valence-corrected chi connectivity index (χ0v) is 19.2. The van der Waals surface area contributed by atoms with E-state index in [9.17, 15) is 10.1 Å². The number of nitriles is 2. The number of pyridine rings is 1. The molecule has 0 spiro atoms. The molecular weight excluding hydrogens is 448 g/mol. The maximum Gasteiger partial charge on any atom is 0.252 e. The quantitative estimate of drug-likeness (QED) is 0.546. The molecule has 1 saturated carbocycles. The first-order valence-corrected chi connectivity index (χ1v) is 11.1. The summed E-state index contributed by atoms with van der Waals surface area (Å²) < 4.78 is 1.59. The summed E-state index contributed by atoms with van der Waals surface area (Å²) in [5.74, 6) is 1.16. The third-order valence-electron chi connectivity index (χ3n) is 5.09. The van der Waals surface area contributed by atoms with Crippen LogP contribution in [0.5, 0.6) is 0 Å². The molecule has 3 aromatic heterocycles. The summed E-state index contributed by atoms with van der Waals surface area (Å²) in [6, 6.07) is 6.76. The highest BCUT2D eigenvalue weighted by molar-refractivity contribution is 7.14. The van der Waals surface area contributed by atoms with Crippen molar-refractivity contribution < 1.29 is 4.79 Å². The predicted molar refractivity (Wildman–Crippen MR) is 117 cm³/mol. The fourth-order valence-corrected chi connectivity index (χ4v) is 3.92. The molecule has 1 atom stereocenters. The largest absolute Gasteiger partial charge is 0.342 e. The molecule has 0 saturated heterocycles. The zero-order chi connectivity index (χ0) is 23.0. The molecule has 0 bridgehead atoms. The van der Waals surface area contributed by atoms with Gasteiger partial charge < -0.3 is 5.32 Å². The summed E-state index contributed by atoms with van der Waals surface area (Å²) >= 11 is 7.32. The van der Waals surface area contributed by atoms with Gasteiger partial charge in [-0.25, -0.2) is 15.0 Å². The van der Waals surface area contributed by atoms with Gasteiger partial charge in [-0.1, -0.05) is 22.9 Å². The van der Waals surface area contributed by atoms with E-state index >= 15 is 0 Å². The van der Waals surface area contributed by atoms with Crippen molar-refractivity contribution in [2.45, 2.75) is 51.0 Å². The lowest BCUT2D eigenvalue weighted by Crippen LogP contribution is -2.29. The van der Waals surface area contributed by atoms with E-state index in [1.807, 2.05) is 0 Å². The van der Waals surface area contributed by atoms with Crippen LogP contribution in [0.3, 0.4) is 0 Å². The number of hydrogen-bond donors (Lipinski definition) is 1. The Morgan fingerprint density at radius 3 is 2.72 bits per heavy atom. The number of halogens is 1. The summed E-state index contributed by atoms with van der Waals surface area (Å²) in [6.07, 6.45) is 3.54. The van der Waals surface area contributed by atoms with E-state index in [0.717, 1.165) is 12.8 Å². The van der Waals surface area contributed by atoms with Gasteiger partial charge in [-0.3, -0.25) is 4.79 Å². The van der Waals surface area contributed by atoms with Crippen LogP contribution in [0.25, 0.3) is 5.13 Å². The maximum atomic E-state index is 13.0. The van der Waals surface area contributed by atoms with Crippen LogP contribution in [0, 0.1) is 22.7 Å². The van der Waals surface area contributed by atoms with Gasteiger partial charge in [0.05, 0.1) is 29.4 Å². The van der Waals surface area contributed by atoms with Gasteiger partial charge in [0, 0.05) is 11.5 Å². The number of carbonyl (C=O) groups is 1. The average molecular weight is 467 g/mol. The molecule has 11 heteroatoms. The molecule has 0 unspecified atom stereocenters. The minimum atomic E-state index is -0.895. The lowest BCUT2D eigenvalue weighted by Gasteiger charge is -2.17. The molecule has 0 aromatic carbocycles. The van der Waals surface area contributed by atoms with E-state index < -0.39 is 11.5 Å². The second-order valence-electron chi connectivity index (χ2n) is 8.13. The molecule has 1 amide bonds. The Hall–Kier alpha value is -3.34. The molecule has 162 valence electrons. The average Bonchev–Trinajstić information content (AvgIpc) is 3.34. The van der Waals surface area contributed by atoms with Crippen molar-refractivity contribution in [1.82, 2.24) is 30.0 Å². The molecule has 1 N–H and O–H groups in total. The molecule has 0 radical (unpaired) electrons. The highest BCUT2D eigenvalue weighted by atomic mass is 35.5. The van der Waals surface area contributed by atoms with E-state index in [0.29, 0.717) is 38.8 Å². The van der Waals surface area contributed by atoms with E-state index in [2.05, 4.69) is 37.5 Å². The van der Waals surface area contributed by atoms with Crippen LogP contribution in [0.2, 0.25) is 5.15 Å². The molecule has 9 nitrogen and oxygen atoms in total. The van der Waals surface area contributed by atoms with Crippen molar-refractivity contribution in [3.63, 3.8) is 0 Å². The number of carbonyl (C=O) groups excluding carboxylic acids is 1. The van der Waals surface area contributed by atoms with Crippen LogP contribution in [0.1, 0.15) is 78.2 Å². The minimum absolute atomic E-state index is 0.134. The Balaban J connectivity index is 1.63. The SMILES string of the molecule is C[C@H](NC(=O)c1cc(Cl)nc(C(C)(C)C#N)c1)c1nc(C2CC2)nn1-c1ncc(C#N)s1. The van der Waals surface area contributed by atoms with Gasteiger partial charge in [-0.2, -0.15) is 15.2 Å². The number of aromatic nitrogens is 5. The first-order valence-electron chi connectivity index (χ1n) is 9.95.